The molecule has 1 aromatic carbocycles. The van der Waals surface area contributed by atoms with Crippen LogP contribution < -0.4 is 5.32 Å². The average molecular weight is 263 g/mol. The first-order valence-electron chi connectivity index (χ1n) is 4.75. The van der Waals surface area contributed by atoms with Crippen LogP contribution in [-0.4, -0.2) is 9.97 Å². The largest absolute Gasteiger partial charge is 0.374 e. The molecule has 0 atom stereocenters. The number of hydrogen-bond acceptors (Lipinski definition) is 2. The van der Waals surface area contributed by atoms with E-state index >= 15 is 0 Å². The Morgan fingerprint density at radius 2 is 1.50 bits per heavy atom. The van der Waals surface area contributed by atoms with E-state index in [1.54, 1.807) is 0 Å². The van der Waals surface area contributed by atoms with Gasteiger partial charge in [0.05, 0.1) is 18.6 Å². The van der Waals surface area contributed by atoms with E-state index in [9.17, 15) is 22.0 Å². The fourth-order valence-corrected chi connectivity index (χ4v) is 1.33. The third-order valence-electron chi connectivity index (χ3n) is 2.22. The second-order valence-corrected chi connectivity index (χ2v) is 3.38. The van der Waals surface area contributed by atoms with Gasteiger partial charge in [0.25, 0.3) is 0 Å². The van der Waals surface area contributed by atoms with E-state index in [1.165, 1.54) is 12.5 Å². The number of hydrogen-bond donors (Lipinski definition) is 2. The molecule has 1 aromatic heterocycles. The number of H-pyrrole nitrogens is 1. The maximum Gasteiger partial charge on any atom is 0.200 e. The Balaban J connectivity index is 2.33. The highest BCUT2D eigenvalue weighted by atomic mass is 19.2. The Kier molecular flexibility index (Phi) is 3.17. The molecular formula is C10H6F5N3. The van der Waals surface area contributed by atoms with Crippen LogP contribution in [0.3, 0.4) is 0 Å². The normalized spacial score (nSPS) is 10.7. The number of aromatic amines is 1. The number of nitrogens with zero attached hydrogens (tertiary/aromatic N) is 1. The zero-order chi connectivity index (χ0) is 13.3. The summed E-state index contributed by atoms with van der Waals surface area (Å²) in [6, 6.07) is 0. The summed E-state index contributed by atoms with van der Waals surface area (Å²) < 4.78 is 64.9. The highest BCUT2D eigenvalue weighted by molar-refractivity contribution is 5.47. The van der Waals surface area contributed by atoms with E-state index < -0.39 is 34.8 Å². The number of anilines is 1. The molecule has 0 amide bonds. The van der Waals surface area contributed by atoms with Crippen molar-refractivity contribution in [3.8, 4) is 0 Å². The lowest BCUT2D eigenvalue weighted by Gasteiger charge is -2.09. The number of halogens is 5. The molecule has 18 heavy (non-hydrogen) atoms. The molecule has 2 rings (SSSR count). The summed E-state index contributed by atoms with van der Waals surface area (Å²) in [4.78, 5) is 6.24. The Labute approximate surface area is 97.7 Å². The van der Waals surface area contributed by atoms with Gasteiger partial charge in [-0.15, -0.1) is 0 Å². The van der Waals surface area contributed by atoms with Gasteiger partial charge in [-0.3, -0.25) is 0 Å². The molecule has 0 saturated carbocycles. The van der Waals surface area contributed by atoms with Gasteiger partial charge in [-0.1, -0.05) is 0 Å². The van der Waals surface area contributed by atoms with Crippen molar-refractivity contribution in [3.05, 3.63) is 47.3 Å². The van der Waals surface area contributed by atoms with Gasteiger partial charge in [0.15, 0.2) is 23.3 Å². The van der Waals surface area contributed by atoms with E-state index in [-0.39, 0.29) is 6.54 Å². The molecule has 0 bridgehead atoms. The summed E-state index contributed by atoms with van der Waals surface area (Å²) in [7, 11) is 0. The molecule has 1 heterocycles. The van der Waals surface area contributed by atoms with Crippen molar-refractivity contribution in [3.63, 3.8) is 0 Å². The van der Waals surface area contributed by atoms with Gasteiger partial charge in [-0.2, -0.15) is 0 Å². The van der Waals surface area contributed by atoms with Gasteiger partial charge in [-0.25, -0.2) is 26.9 Å². The van der Waals surface area contributed by atoms with Crippen LogP contribution in [0, 0.1) is 29.1 Å². The molecule has 0 radical (unpaired) electrons. The summed E-state index contributed by atoms with van der Waals surface area (Å²) >= 11 is 0. The first kappa shape index (κ1) is 12.3. The van der Waals surface area contributed by atoms with Gasteiger partial charge >= 0.3 is 0 Å². The van der Waals surface area contributed by atoms with Crippen molar-refractivity contribution in [1.29, 1.82) is 0 Å². The highest BCUT2D eigenvalue weighted by Gasteiger charge is 2.25. The summed E-state index contributed by atoms with van der Waals surface area (Å²) in [5, 5.41) is 2.12. The molecule has 2 N–H and O–H groups in total. The van der Waals surface area contributed by atoms with Crippen LogP contribution in [0.2, 0.25) is 0 Å². The zero-order valence-electron chi connectivity index (χ0n) is 8.70. The number of nitrogens with one attached hydrogen (secondary N) is 2. The minimum Gasteiger partial charge on any atom is -0.374 e. The standard InChI is InChI=1S/C10H6F5N3/c11-5-6(12)8(14)10(9(15)7(5)13)17-2-4-1-16-3-18-4/h1,3,17H,2H2,(H,16,18). The molecule has 0 aliphatic heterocycles. The van der Waals surface area contributed by atoms with Crippen LogP contribution >= 0.6 is 0 Å². The van der Waals surface area contributed by atoms with Gasteiger partial charge in [0.1, 0.15) is 5.69 Å². The maximum absolute atomic E-state index is 13.2. The lowest BCUT2D eigenvalue weighted by atomic mass is 10.2. The van der Waals surface area contributed by atoms with Crippen molar-refractivity contribution < 1.29 is 22.0 Å². The monoisotopic (exact) mass is 263 g/mol. The molecule has 0 aliphatic rings. The van der Waals surface area contributed by atoms with Crippen molar-refractivity contribution in [1.82, 2.24) is 9.97 Å². The predicted octanol–water partition coefficient (Wildman–Crippen LogP) is 2.72. The molecule has 0 aliphatic carbocycles. The van der Waals surface area contributed by atoms with Crippen LogP contribution in [0.1, 0.15) is 5.69 Å². The summed E-state index contributed by atoms with van der Waals surface area (Å²) in [5.41, 5.74) is -0.639. The minimum absolute atomic E-state index is 0.154. The fourth-order valence-electron chi connectivity index (χ4n) is 1.33. The van der Waals surface area contributed by atoms with E-state index in [1.807, 2.05) is 0 Å². The molecular weight excluding hydrogens is 257 g/mol. The Morgan fingerprint density at radius 3 is 2.00 bits per heavy atom. The van der Waals surface area contributed by atoms with Crippen LogP contribution in [0.15, 0.2) is 12.5 Å². The number of rotatable bonds is 3. The first-order valence-corrected chi connectivity index (χ1v) is 4.75. The zero-order valence-corrected chi connectivity index (χ0v) is 8.70. The Morgan fingerprint density at radius 1 is 0.944 bits per heavy atom. The second kappa shape index (κ2) is 4.63. The number of aromatic nitrogens is 2. The smallest absolute Gasteiger partial charge is 0.200 e. The number of imidazole rings is 1. The first-order chi connectivity index (χ1) is 8.52. The third-order valence-corrected chi connectivity index (χ3v) is 2.22. The van der Waals surface area contributed by atoms with E-state index in [4.69, 9.17) is 0 Å². The topological polar surface area (TPSA) is 40.7 Å². The summed E-state index contributed by atoms with van der Waals surface area (Å²) in [5.74, 6) is -9.95. The lowest BCUT2D eigenvalue weighted by Crippen LogP contribution is -2.10. The Hall–Kier alpha value is -2.12. The third kappa shape index (κ3) is 2.01. The van der Waals surface area contributed by atoms with Crippen LogP contribution in [0.4, 0.5) is 27.6 Å². The van der Waals surface area contributed by atoms with Crippen molar-refractivity contribution in [2.75, 3.05) is 5.32 Å². The molecule has 0 saturated heterocycles. The van der Waals surface area contributed by atoms with Crippen LogP contribution in [0.5, 0.6) is 0 Å². The molecule has 2 aromatic rings. The second-order valence-electron chi connectivity index (χ2n) is 3.38. The molecule has 3 nitrogen and oxygen atoms in total. The predicted molar refractivity (Wildman–Crippen MR) is 52.1 cm³/mol. The Bertz CT molecular complexity index is 538. The van der Waals surface area contributed by atoms with E-state index in [2.05, 4.69) is 15.3 Å². The number of benzene rings is 1. The van der Waals surface area contributed by atoms with E-state index in [0.29, 0.717) is 5.69 Å². The van der Waals surface area contributed by atoms with Crippen molar-refractivity contribution >= 4 is 5.69 Å². The van der Waals surface area contributed by atoms with Gasteiger partial charge in [-0.05, 0) is 0 Å². The summed E-state index contributed by atoms with van der Waals surface area (Å²) in [6.07, 6.45) is 2.66. The van der Waals surface area contributed by atoms with Crippen molar-refractivity contribution in [2.45, 2.75) is 6.54 Å². The molecule has 0 spiro atoms. The minimum atomic E-state index is -2.18. The molecule has 8 heteroatoms. The van der Waals surface area contributed by atoms with Gasteiger partial charge < -0.3 is 10.3 Å². The summed E-state index contributed by atoms with van der Waals surface area (Å²) in [6.45, 7) is -0.154. The lowest BCUT2D eigenvalue weighted by molar-refractivity contribution is 0.381. The average Bonchev–Trinajstić information content (AvgIpc) is 2.87. The van der Waals surface area contributed by atoms with Crippen LogP contribution in [-0.2, 0) is 6.54 Å². The highest BCUT2D eigenvalue weighted by Crippen LogP contribution is 2.27. The molecule has 0 unspecified atom stereocenters. The van der Waals surface area contributed by atoms with Crippen molar-refractivity contribution in [2.24, 2.45) is 0 Å². The van der Waals surface area contributed by atoms with Gasteiger partial charge in [0.2, 0.25) is 5.82 Å². The molecule has 96 valence electrons. The fraction of sp³-hybridized carbons (Fsp3) is 0.100. The maximum atomic E-state index is 13.2. The quantitative estimate of drug-likeness (QED) is 0.508. The SMILES string of the molecule is Fc1c(F)c(F)c(NCc2cnc[nH]2)c(F)c1F. The molecule has 0 fully saturated rings. The van der Waals surface area contributed by atoms with E-state index in [0.717, 1.165) is 0 Å². The van der Waals surface area contributed by atoms with Crippen LogP contribution in [0.25, 0.3) is 0 Å². The van der Waals surface area contributed by atoms with Gasteiger partial charge in [0, 0.05) is 6.20 Å².